The van der Waals surface area contributed by atoms with E-state index in [0.29, 0.717) is 22.5 Å². The van der Waals surface area contributed by atoms with Crippen LogP contribution in [0.2, 0.25) is 0 Å². The molecule has 0 aliphatic carbocycles. The Balaban J connectivity index is 1.95. The predicted molar refractivity (Wildman–Crippen MR) is 67.1 cm³/mol. The molecule has 0 saturated heterocycles. The summed E-state index contributed by atoms with van der Waals surface area (Å²) in [5, 5.41) is 0. The maximum atomic E-state index is 12.2. The molecule has 2 heterocycles. The van der Waals surface area contributed by atoms with Crippen LogP contribution in [0.4, 0.5) is 5.69 Å². The number of fused-ring (bicyclic) bond motifs is 1. The molecule has 0 unspecified atom stereocenters. The second kappa shape index (κ2) is 4.16. The number of amides is 2. The van der Waals surface area contributed by atoms with Gasteiger partial charge >= 0.3 is 0 Å². The van der Waals surface area contributed by atoms with Crippen LogP contribution in [0.3, 0.4) is 0 Å². The summed E-state index contributed by atoms with van der Waals surface area (Å²) in [4.78, 5) is 33.3. The van der Waals surface area contributed by atoms with Crippen molar-refractivity contribution in [2.45, 2.75) is 6.54 Å². The highest BCUT2D eigenvalue weighted by Crippen LogP contribution is 2.25. The monoisotopic (exact) mass is 254 g/mol. The van der Waals surface area contributed by atoms with Gasteiger partial charge in [0.05, 0.1) is 23.4 Å². The number of benzene rings is 1. The van der Waals surface area contributed by atoms with E-state index in [9.17, 15) is 9.59 Å². The first-order valence-corrected chi connectivity index (χ1v) is 5.67. The molecule has 6 heteroatoms. The summed E-state index contributed by atoms with van der Waals surface area (Å²) in [6, 6.07) is 6.37. The normalized spacial score (nSPS) is 13.8. The lowest BCUT2D eigenvalue weighted by atomic mass is 10.1. The van der Waals surface area contributed by atoms with Crippen LogP contribution in [-0.2, 0) is 6.54 Å². The predicted octanol–water partition coefficient (Wildman–Crippen LogP) is 0.855. The highest BCUT2D eigenvalue weighted by molar-refractivity contribution is 6.21. The van der Waals surface area contributed by atoms with Gasteiger partial charge in [0, 0.05) is 11.9 Å². The van der Waals surface area contributed by atoms with Gasteiger partial charge in [-0.1, -0.05) is 0 Å². The number of carbonyl (C=O) groups is 2. The Morgan fingerprint density at radius 3 is 2.63 bits per heavy atom. The van der Waals surface area contributed by atoms with Gasteiger partial charge in [0.25, 0.3) is 11.8 Å². The molecule has 1 aliphatic heterocycles. The molecular weight excluding hydrogens is 244 g/mol. The second-order valence-electron chi connectivity index (χ2n) is 4.20. The Kier molecular flexibility index (Phi) is 2.49. The molecule has 0 spiro atoms. The van der Waals surface area contributed by atoms with E-state index in [1.165, 1.54) is 12.4 Å². The van der Waals surface area contributed by atoms with Crippen molar-refractivity contribution >= 4 is 17.5 Å². The summed E-state index contributed by atoms with van der Waals surface area (Å²) in [6.45, 7) is 0.134. The fraction of sp³-hybridized carbons (Fsp3) is 0.0769. The molecule has 2 N–H and O–H groups in total. The Morgan fingerprint density at radius 1 is 1.11 bits per heavy atom. The molecular formula is C13H10N4O2. The van der Waals surface area contributed by atoms with Crippen LogP contribution < -0.4 is 5.73 Å². The van der Waals surface area contributed by atoms with E-state index < -0.39 is 0 Å². The summed E-state index contributed by atoms with van der Waals surface area (Å²) in [6.07, 6.45) is 2.95. The third-order valence-electron chi connectivity index (χ3n) is 2.96. The molecule has 94 valence electrons. The van der Waals surface area contributed by atoms with Gasteiger partial charge in [0.15, 0.2) is 0 Å². The zero-order valence-electron chi connectivity index (χ0n) is 9.91. The molecule has 1 aromatic carbocycles. The van der Waals surface area contributed by atoms with Crippen LogP contribution >= 0.6 is 0 Å². The molecule has 19 heavy (non-hydrogen) atoms. The summed E-state index contributed by atoms with van der Waals surface area (Å²) in [5.74, 6) is -0.662. The highest BCUT2D eigenvalue weighted by Gasteiger charge is 2.35. The lowest BCUT2D eigenvalue weighted by Crippen LogP contribution is -2.29. The number of nitrogens with zero attached hydrogens (tertiary/aromatic N) is 3. The average Bonchev–Trinajstić information content (AvgIpc) is 2.65. The minimum Gasteiger partial charge on any atom is -0.399 e. The van der Waals surface area contributed by atoms with Gasteiger partial charge in [-0.25, -0.2) is 9.97 Å². The average molecular weight is 254 g/mol. The van der Waals surface area contributed by atoms with Gasteiger partial charge in [0.2, 0.25) is 0 Å². The third kappa shape index (κ3) is 1.83. The van der Waals surface area contributed by atoms with Crippen molar-refractivity contribution in [2.75, 3.05) is 5.73 Å². The minimum atomic E-state index is -0.342. The maximum Gasteiger partial charge on any atom is 0.261 e. The van der Waals surface area contributed by atoms with Crippen LogP contribution in [-0.4, -0.2) is 26.7 Å². The van der Waals surface area contributed by atoms with Crippen molar-refractivity contribution in [3.63, 3.8) is 0 Å². The largest absolute Gasteiger partial charge is 0.399 e. The van der Waals surface area contributed by atoms with Gasteiger partial charge in [-0.05, 0) is 24.3 Å². The van der Waals surface area contributed by atoms with Gasteiger partial charge < -0.3 is 5.73 Å². The first-order chi connectivity index (χ1) is 9.16. The fourth-order valence-electron chi connectivity index (χ4n) is 2.03. The number of hydrogen-bond donors (Lipinski definition) is 1. The summed E-state index contributed by atoms with van der Waals surface area (Å²) in [5.41, 5.74) is 7.43. The molecule has 3 rings (SSSR count). The summed E-state index contributed by atoms with van der Waals surface area (Å²) in [7, 11) is 0. The number of aromatic nitrogens is 2. The number of nitrogens with two attached hydrogens (primary N) is 1. The molecule has 2 amide bonds. The zero-order chi connectivity index (χ0) is 13.4. The Labute approximate surface area is 108 Å². The van der Waals surface area contributed by atoms with E-state index in [1.54, 1.807) is 24.4 Å². The molecule has 2 aromatic rings. The van der Waals surface area contributed by atoms with Crippen molar-refractivity contribution in [3.8, 4) is 0 Å². The molecule has 0 atom stereocenters. The molecule has 0 radical (unpaired) electrons. The van der Waals surface area contributed by atoms with Crippen molar-refractivity contribution in [1.82, 2.24) is 14.9 Å². The number of nitrogen functional groups attached to an aromatic ring is 1. The van der Waals surface area contributed by atoms with Crippen molar-refractivity contribution < 1.29 is 9.59 Å². The van der Waals surface area contributed by atoms with Gasteiger partial charge in [-0.3, -0.25) is 14.5 Å². The van der Waals surface area contributed by atoms with Crippen LogP contribution in [0.5, 0.6) is 0 Å². The van der Waals surface area contributed by atoms with E-state index in [1.807, 2.05) is 0 Å². The van der Waals surface area contributed by atoms with E-state index in [-0.39, 0.29) is 18.4 Å². The van der Waals surface area contributed by atoms with Gasteiger partial charge in [-0.2, -0.15) is 0 Å². The fourth-order valence-corrected chi connectivity index (χ4v) is 2.03. The number of carbonyl (C=O) groups excluding carboxylic acids is 2. The minimum absolute atomic E-state index is 0.134. The van der Waals surface area contributed by atoms with E-state index in [0.717, 1.165) is 4.90 Å². The second-order valence-corrected chi connectivity index (χ2v) is 4.20. The van der Waals surface area contributed by atoms with E-state index in [2.05, 4.69) is 9.97 Å². The SMILES string of the molecule is Nc1ccc2c(c1)C(=O)N(Cc1ccncn1)C2=O. The summed E-state index contributed by atoms with van der Waals surface area (Å²) >= 11 is 0. The Hall–Kier alpha value is -2.76. The van der Waals surface area contributed by atoms with E-state index >= 15 is 0 Å². The van der Waals surface area contributed by atoms with Crippen molar-refractivity contribution in [1.29, 1.82) is 0 Å². The van der Waals surface area contributed by atoms with Crippen molar-refractivity contribution in [3.05, 3.63) is 53.6 Å². The lowest BCUT2D eigenvalue weighted by Gasteiger charge is -2.12. The first kappa shape index (κ1) is 11.3. The van der Waals surface area contributed by atoms with E-state index in [4.69, 9.17) is 5.73 Å². The molecule has 0 bridgehead atoms. The number of anilines is 1. The number of hydrogen-bond acceptors (Lipinski definition) is 5. The van der Waals surface area contributed by atoms with Crippen LogP contribution in [0.25, 0.3) is 0 Å². The Morgan fingerprint density at radius 2 is 1.89 bits per heavy atom. The molecule has 1 aliphatic rings. The smallest absolute Gasteiger partial charge is 0.261 e. The molecule has 1 aromatic heterocycles. The first-order valence-electron chi connectivity index (χ1n) is 5.67. The molecule has 6 nitrogen and oxygen atoms in total. The highest BCUT2D eigenvalue weighted by atomic mass is 16.2. The molecule has 0 fully saturated rings. The maximum absolute atomic E-state index is 12.2. The standard InChI is InChI=1S/C13H10N4O2/c14-8-1-2-10-11(5-8)13(19)17(12(10)18)6-9-3-4-15-7-16-9/h1-5,7H,6,14H2. The lowest BCUT2D eigenvalue weighted by molar-refractivity contribution is 0.0640. The number of imide groups is 1. The van der Waals surface area contributed by atoms with Crippen LogP contribution in [0, 0.1) is 0 Å². The van der Waals surface area contributed by atoms with Crippen LogP contribution in [0.1, 0.15) is 26.4 Å². The number of rotatable bonds is 2. The zero-order valence-corrected chi connectivity index (χ0v) is 9.91. The van der Waals surface area contributed by atoms with Crippen molar-refractivity contribution in [2.24, 2.45) is 0 Å². The Bertz CT molecular complexity index is 670. The summed E-state index contributed by atoms with van der Waals surface area (Å²) < 4.78 is 0. The quantitative estimate of drug-likeness (QED) is 0.634. The van der Waals surface area contributed by atoms with Crippen LogP contribution in [0.15, 0.2) is 36.8 Å². The third-order valence-corrected chi connectivity index (χ3v) is 2.96. The van der Waals surface area contributed by atoms with Gasteiger partial charge in [0.1, 0.15) is 6.33 Å². The molecule has 0 saturated carbocycles. The van der Waals surface area contributed by atoms with Gasteiger partial charge in [-0.15, -0.1) is 0 Å². The topological polar surface area (TPSA) is 89.2 Å².